The normalized spacial score (nSPS) is 12.9. The molecule has 1 rings (SSSR count). The van der Waals surface area contributed by atoms with Gasteiger partial charge in [-0.2, -0.15) is 0 Å². The van der Waals surface area contributed by atoms with Crippen LogP contribution >= 0.6 is 0 Å². The number of quaternary nitrogens is 1. The van der Waals surface area contributed by atoms with Gasteiger partial charge in [-0.1, -0.05) is 25.1 Å². The number of aryl methyl sites for hydroxylation is 1. The van der Waals surface area contributed by atoms with Crippen molar-refractivity contribution in [3.63, 3.8) is 0 Å². The number of imide groups is 1. The summed E-state index contributed by atoms with van der Waals surface area (Å²) in [4.78, 5) is 35.9. The van der Waals surface area contributed by atoms with Crippen LogP contribution in [0.4, 0.5) is 10.5 Å². The number of rotatable bonds is 6. The molecule has 4 amide bonds. The van der Waals surface area contributed by atoms with Crippen molar-refractivity contribution >= 4 is 23.5 Å². The topological polar surface area (TPSA) is 91.7 Å². The zero-order chi connectivity index (χ0) is 17.4. The lowest BCUT2D eigenvalue weighted by Gasteiger charge is -2.20. The van der Waals surface area contributed by atoms with Gasteiger partial charge in [-0.15, -0.1) is 0 Å². The van der Waals surface area contributed by atoms with Crippen molar-refractivity contribution in [2.24, 2.45) is 0 Å². The highest BCUT2D eigenvalue weighted by molar-refractivity contribution is 5.96. The first kappa shape index (κ1) is 18.6. The molecule has 126 valence electrons. The minimum Gasteiger partial charge on any atom is -0.341 e. The first-order valence-electron chi connectivity index (χ1n) is 7.61. The minimum atomic E-state index is -0.559. The highest BCUT2D eigenvalue weighted by atomic mass is 16.2. The fourth-order valence-electron chi connectivity index (χ4n) is 2.06. The van der Waals surface area contributed by atoms with Crippen LogP contribution in [0.5, 0.6) is 0 Å². The molecule has 0 aliphatic carbocycles. The number of para-hydroxylation sites is 1. The van der Waals surface area contributed by atoms with Crippen LogP contribution in [-0.2, 0) is 16.0 Å². The number of amides is 4. The first-order valence-corrected chi connectivity index (χ1v) is 7.61. The fourth-order valence-corrected chi connectivity index (χ4v) is 2.06. The molecule has 2 atom stereocenters. The number of carbonyl (C=O) groups excluding carboxylic acids is 3. The smallest absolute Gasteiger partial charge is 0.321 e. The van der Waals surface area contributed by atoms with Gasteiger partial charge in [-0.25, -0.2) is 4.79 Å². The van der Waals surface area contributed by atoms with Gasteiger partial charge >= 0.3 is 6.03 Å². The van der Waals surface area contributed by atoms with Crippen LogP contribution in [0.2, 0.25) is 0 Å². The molecule has 0 saturated carbocycles. The standard InChI is InChI=1S/C16H24N4O3/c1-5-12-8-6-7-9-13(12)18-14(21)10-20(4)11(2)15(22)19-16(23)17-3/h6-9,11H,5,10H2,1-4H3,(H,18,21)(H2,17,19,22,23)/p+1/t11-/m1/s1. The Balaban J connectivity index is 2.59. The average Bonchev–Trinajstić information content (AvgIpc) is 2.54. The molecular formula is C16H25N4O3+. The highest BCUT2D eigenvalue weighted by Gasteiger charge is 2.25. The molecule has 0 aliphatic heterocycles. The summed E-state index contributed by atoms with van der Waals surface area (Å²) >= 11 is 0. The summed E-state index contributed by atoms with van der Waals surface area (Å²) in [6.07, 6.45) is 0.823. The van der Waals surface area contributed by atoms with Crippen LogP contribution < -0.4 is 20.9 Å². The molecule has 7 heteroatoms. The number of likely N-dealkylation sites (N-methyl/N-ethyl adjacent to an activating group) is 1. The van der Waals surface area contributed by atoms with E-state index in [0.717, 1.165) is 17.7 Å². The maximum atomic E-state index is 12.2. The molecule has 0 spiro atoms. The maximum Gasteiger partial charge on any atom is 0.321 e. The molecule has 1 aromatic carbocycles. The third-order valence-electron chi connectivity index (χ3n) is 3.71. The molecule has 0 heterocycles. The minimum absolute atomic E-state index is 0.125. The van der Waals surface area contributed by atoms with E-state index in [1.54, 1.807) is 14.0 Å². The van der Waals surface area contributed by atoms with Gasteiger partial charge in [0.1, 0.15) is 0 Å². The summed E-state index contributed by atoms with van der Waals surface area (Å²) in [5.74, 6) is -0.605. The van der Waals surface area contributed by atoms with E-state index in [-0.39, 0.29) is 12.5 Å². The SMILES string of the molecule is CCc1ccccc1NC(=O)C[NH+](C)[C@H](C)C(=O)NC(=O)NC. The number of hydrogen-bond acceptors (Lipinski definition) is 3. The van der Waals surface area contributed by atoms with Crippen molar-refractivity contribution in [2.75, 3.05) is 26.0 Å². The molecule has 0 saturated heterocycles. The van der Waals surface area contributed by atoms with Gasteiger partial charge < -0.3 is 15.5 Å². The molecule has 0 bridgehead atoms. The van der Waals surface area contributed by atoms with Gasteiger partial charge in [-0.3, -0.25) is 14.9 Å². The van der Waals surface area contributed by atoms with E-state index in [0.29, 0.717) is 4.90 Å². The number of urea groups is 1. The van der Waals surface area contributed by atoms with Crippen LogP contribution in [0.25, 0.3) is 0 Å². The predicted octanol–water partition coefficient (Wildman–Crippen LogP) is -0.454. The quantitative estimate of drug-likeness (QED) is 0.572. The second-order valence-corrected chi connectivity index (χ2v) is 5.37. The van der Waals surface area contributed by atoms with E-state index in [2.05, 4.69) is 16.0 Å². The Morgan fingerprint density at radius 1 is 1.22 bits per heavy atom. The number of benzene rings is 1. The Kier molecular flexibility index (Phi) is 7.21. The summed E-state index contributed by atoms with van der Waals surface area (Å²) in [7, 11) is 3.17. The van der Waals surface area contributed by atoms with E-state index < -0.39 is 18.0 Å². The molecule has 1 aromatic rings. The monoisotopic (exact) mass is 321 g/mol. The molecule has 1 unspecified atom stereocenters. The van der Waals surface area contributed by atoms with Crippen molar-refractivity contribution < 1.29 is 19.3 Å². The lowest BCUT2D eigenvalue weighted by atomic mass is 10.1. The van der Waals surface area contributed by atoms with Crippen LogP contribution in [0.15, 0.2) is 24.3 Å². The fraction of sp³-hybridized carbons (Fsp3) is 0.438. The first-order chi connectivity index (χ1) is 10.9. The van der Waals surface area contributed by atoms with E-state index in [1.165, 1.54) is 7.05 Å². The summed E-state index contributed by atoms with van der Waals surface area (Å²) in [6, 6.07) is 6.52. The maximum absolute atomic E-state index is 12.2. The zero-order valence-electron chi connectivity index (χ0n) is 14.0. The van der Waals surface area contributed by atoms with Gasteiger partial charge in [0, 0.05) is 12.7 Å². The van der Waals surface area contributed by atoms with Crippen LogP contribution in [0.1, 0.15) is 19.4 Å². The molecule has 4 N–H and O–H groups in total. The number of hydrogen-bond donors (Lipinski definition) is 4. The van der Waals surface area contributed by atoms with Crippen LogP contribution in [-0.4, -0.2) is 44.5 Å². The Bertz CT molecular complexity index is 574. The van der Waals surface area contributed by atoms with Crippen molar-refractivity contribution in [1.82, 2.24) is 10.6 Å². The molecule has 0 radical (unpaired) electrons. The average molecular weight is 321 g/mol. The molecule has 0 aliphatic rings. The number of carbonyl (C=O) groups is 3. The van der Waals surface area contributed by atoms with Crippen molar-refractivity contribution in [2.45, 2.75) is 26.3 Å². The molecule has 7 nitrogen and oxygen atoms in total. The molecule has 23 heavy (non-hydrogen) atoms. The second-order valence-electron chi connectivity index (χ2n) is 5.37. The molecule has 0 fully saturated rings. The van der Waals surface area contributed by atoms with E-state index in [9.17, 15) is 14.4 Å². The lowest BCUT2D eigenvalue weighted by molar-refractivity contribution is -0.885. The Labute approximate surface area is 136 Å². The van der Waals surface area contributed by atoms with Gasteiger partial charge in [0.25, 0.3) is 11.8 Å². The van der Waals surface area contributed by atoms with E-state index >= 15 is 0 Å². The van der Waals surface area contributed by atoms with Crippen molar-refractivity contribution in [3.05, 3.63) is 29.8 Å². The summed E-state index contributed by atoms with van der Waals surface area (Å²) in [6.45, 7) is 3.81. The van der Waals surface area contributed by atoms with Gasteiger partial charge in [0.05, 0.1) is 7.05 Å². The van der Waals surface area contributed by atoms with E-state index in [1.807, 2.05) is 31.2 Å². The largest absolute Gasteiger partial charge is 0.341 e. The van der Waals surface area contributed by atoms with Crippen molar-refractivity contribution in [1.29, 1.82) is 0 Å². The second kappa shape index (κ2) is 8.89. The Morgan fingerprint density at radius 2 is 1.87 bits per heavy atom. The lowest BCUT2D eigenvalue weighted by Crippen LogP contribution is -3.15. The van der Waals surface area contributed by atoms with Crippen LogP contribution in [0, 0.1) is 0 Å². The zero-order valence-corrected chi connectivity index (χ0v) is 14.0. The van der Waals surface area contributed by atoms with Gasteiger partial charge in [0.15, 0.2) is 12.6 Å². The van der Waals surface area contributed by atoms with E-state index in [4.69, 9.17) is 0 Å². The Morgan fingerprint density at radius 3 is 2.48 bits per heavy atom. The molecule has 0 aromatic heterocycles. The molecular weight excluding hydrogens is 296 g/mol. The third kappa shape index (κ3) is 5.71. The summed E-state index contributed by atoms with van der Waals surface area (Å²) in [5.41, 5.74) is 1.85. The van der Waals surface area contributed by atoms with Gasteiger partial charge in [-0.05, 0) is 25.0 Å². The van der Waals surface area contributed by atoms with Gasteiger partial charge in [0.2, 0.25) is 0 Å². The Hall–Kier alpha value is -2.41. The third-order valence-corrected chi connectivity index (χ3v) is 3.71. The summed E-state index contributed by atoms with van der Waals surface area (Å²) < 4.78 is 0. The summed E-state index contributed by atoms with van der Waals surface area (Å²) in [5, 5.41) is 7.39. The highest BCUT2D eigenvalue weighted by Crippen LogP contribution is 2.14. The number of nitrogens with one attached hydrogen (secondary N) is 4. The van der Waals surface area contributed by atoms with Crippen LogP contribution in [0.3, 0.4) is 0 Å². The van der Waals surface area contributed by atoms with Crippen molar-refractivity contribution in [3.8, 4) is 0 Å². The number of anilines is 1. The predicted molar refractivity (Wildman–Crippen MR) is 88.3 cm³/mol.